The lowest BCUT2D eigenvalue weighted by Crippen LogP contribution is -2.60. The van der Waals surface area contributed by atoms with Crippen LogP contribution in [-0.2, 0) is 14.3 Å². The molecule has 0 aliphatic carbocycles. The summed E-state index contributed by atoms with van der Waals surface area (Å²) < 4.78 is 11.0. The molecule has 1 heterocycles. The molecule has 0 bridgehead atoms. The van der Waals surface area contributed by atoms with Gasteiger partial charge in [-0.15, -0.1) is 0 Å². The zero-order chi connectivity index (χ0) is 35.4. The molecule has 1 amide bonds. The van der Waals surface area contributed by atoms with Crippen molar-refractivity contribution in [2.24, 2.45) is 0 Å². The van der Waals surface area contributed by atoms with Gasteiger partial charge < -0.3 is 45.4 Å². The van der Waals surface area contributed by atoms with Gasteiger partial charge >= 0.3 is 0 Å². The second kappa shape index (κ2) is 28.9. The Morgan fingerprint density at radius 2 is 1.23 bits per heavy atom. The molecule has 0 aromatic carbocycles. The molecule has 0 aromatic heterocycles. The van der Waals surface area contributed by atoms with Gasteiger partial charge in [-0.2, -0.15) is 0 Å². The molecule has 1 fully saturated rings. The SMILES string of the molecule is CCCCCC/C=C\CCC(O)C(=O)NC(COC1OC(CO)C(O)C(O)C1O)C(O)/C=C/CC/C=C/CC/C=C/CCCCCCC. The summed E-state index contributed by atoms with van der Waals surface area (Å²) in [5, 5.41) is 64.0. The van der Waals surface area contributed by atoms with E-state index in [0.29, 0.717) is 12.8 Å². The second-order valence-corrected chi connectivity index (χ2v) is 12.8. The highest BCUT2D eigenvalue weighted by molar-refractivity contribution is 5.80. The molecule has 0 radical (unpaired) electrons. The predicted molar refractivity (Wildman–Crippen MR) is 190 cm³/mol. The lowest BCUT2D eigenvalue weighted by molar-refractivity contribution is -0.302. The van der Waals surface area contributed by atoms with Crippen molar-refractivity contribution in [3.8, 4) is 0 Å². The van der Waals surface area contributed by atoms with E-state index >= 15 is 0 Å². The summed E-state index contributed by atoms with van der Waals surface area (Å²) in [7, 11) is 0. The molecule has 278 valence electrons. The minimum atomic E-state index is -1.62. The maximum Gasteiger partial charge on any atom is 0.249 e. The number of allylic oxidation sites excluding steroid dienone is 7. The van der Waals surface area contributed by atoms with Crippen LogP contribution in [0.1, 0.15) is 123 Å². The predicted octanol–water partition coefficient (Wildman–Crippen LogP) is 4.91. The van der Waals surface area contributed by atoms with Gasteiger partial charge in [0.25, 0.3) is 0 Å². The molecular weight excluding hydrogens is 614 g/mol. The number of rotatable bonds is 28. The molecule has 7 N–H and O–H groups in total. The van der Waals surface area contributed by atoms with Crippen LogP contribution < -0.4 is 5.32 Å². The van der Waals surface area contributed by atoms with Gasteiger partial charge in [-0.3, -0.25) is 4.79 Å². The van der Waals surface area contributed by atoms with Gasteiger partial charge in [-0.05, 0) is 64.2 Å². The van der Waals surface area contributed by atoms with Crippen LogP contribution in [0.2, 0.25) is 0 Å². The van der Waals surface area contributed by atoms with E-state index in [1.807, 2.05) is 12.2 Å². The monoisotopic (exact) mass is 681 g/mol. The molecule has 1 aliphatic heterocycles. The van der Waals surface area contributed by atoms with E-state index in [1.165, 1.54) is 51.4 Å². The van der Waals surface area contributed by atoms with Gasteiger partial charge in [0.05, 0.1) is 25.4 Å². The van der Waals surface area contributed by atoms with Crippen molar-refractivity contribution in [3.05, 3.63) is 48.6 Å². The van der Waals surface area contributed by atoms with Gasteiger partial charge in [0.15, 0.2) is 6.29 Å². The van der Waals surface area contributed by atoms with Crippen molar-refractivity contribution < 1.29 is 44.9 Å². The summed E-state index contributed by atoms with van der Waals surface area (Å²) in [5.41, 5.74) is 0. The molecule has 0 aromatic rings. The maximum atomic E-state index is 12.8. The first-order valence-electron chi connectivity index (χ1n) is 18.5. The van der Waals surface area contributed by atoms with Crippen molar-refractivity contribution in [1.82, 2.24) is 5.32 Å². The largest absolute Gasteiger partial charge is 0.394 e. The second-order valence-electron chi connectivity index (χ2n) is 12.8. The van der Waals surface area contributed by atoms with Gasteiger partial charge in [0, 0.05) is 0 Å². The first kappa shape index (κ1) is 44.1. The molecule has 48 heavy (non-hydrogen) atoms. The highest BCUT2D eigenvalue weighted by Gasteiger charge is 2.44. The topological polar surface area (TPSA) is 169 Å². The minimum absolute atomic E-state index is 0.213. The first-order chi connectivity index (χ1) is 23.3. The lowest BCUT2D eigenvalue weighted by Gasteiger charge is -2.40. The molecule has 10 nitrogen and oxygen atoms in total. The van der Waals surface area contributed by atoms with Crippen LogP contribution in [0, 0.1) is 0 Å². The number of hydrogen-bond donors (Lipinski definition) is 7. The Morgan fingerprint density at radius 1 is 0.708 bits per heavy atom. The summed E-state index contributed by atoms with van der Waals surface area (Å²) in [5.74, 6) is -0.672. The van der Waals surface area contributed by atoms with Crippen molar-refractivity contribution in [2.45, 2.75) is 172 Å². The number of carbonyl (C=O) groups is 1. The highest BCUT2D eigenvalue weighted by atomic mass is 16.7. The number of nitrogens with one attached hydrogen (secondary N) is 1. The quantitative estimate of drug-likeness (QED) is 0.0448. The van der Waals surface area contributed by atoms with Crippen LogP contribution in [0.15, 0.2) is 48.6 Å². The Balaban J connectivity index is 2.62. The average molecular weight is 682 g/mol. The van der Waals surface area contributed by atoms with Crippen LogP contribution in [0.5, 0.6) is 0 Å². The third-order valence-corrected chi connectivity index (χ3v) is 8.47. The van der Waals surface area contributed by atoms with Crippen LogP contribution in [-0.4, -0.2) is 98.7 Å². The Bertz CT molecular complexity index is 907. The van der Waals surface area contributed by atoms with Crippen LogP contribution in [0.4, 0.5) is 0 Å². The van der Waals surface area contributed by atoms with Gasteiger partial charge in [-0.25, -0.2) is 0 Å². The van der Waals surface area contributed by atoms with E-state index in [0.717, 1.165) is 38.5 Å². The smallest absolute Gasteiger partial charge is 0.249 e. The van der Waals surface area contributed by atoms with E-state index in [9.17, 15) is 35.4 Å². The summed E-state index contributed by atoms with van der Waals surface area (Å²) in [4.78, 5) is 12.8. The van der Waals surface area contributed by atoms with Gasteiger partial charge in [0.2, 0.25) is 5.91 Å². The van der Waals surface area contributed by atoms with Crippen molar-refractivity contribution in [2.75, 3.05) is 13.2 Å². The normalized spacial score (nSPS) is 23.9. The van der Waals surface area contributed by atoms with Crippen LogP contribution in [0.25, 0.3) is 0 Å². The summed E-state index contributed by atoms with van der Waals surface area (Å²) in [6, 6.07) is -1.01. The number of aliphatic hydroxyl groups excluding tert-OH is 6. The Hall–Kier alpha value is -1.89. The third kappa shape index (κ3) is 19.9. The lowest BCUT2D eigenvalue weighted by atomic mass is 9.99. The standard InChI is InChI=1S/C38H67NO9/c1-3-5-7-9-11-13-14-15-16-17-18-19-21-22-24-26-31(41)30(29-47-38-36(45)35(44)34(43)33(28-40)48-38)39-37(46)32(42)27-25-23-20-12-10-8-6-4-2/h14-15,18-20,23-24,26,30-36,38,40-45H,3-13,16-17,21-22,25,27-29H2,1-2H3,(H,39,46)/b15-14+,19-18+,23-20-,26-24+. The summed E-state index contributed by atoms with van der Waals surface area (Å²) in [6.07, 6.45) is 23.7. The van der Waals surface area contributed by atoms with Crippen LogP contribution >= 0.6 is 0 Å². The number of unbranched alkanes of at least 4 members (excludes halogenated alkanes) is 11. The number of aliphatic hydroxyl groups is 6. The number of carbonyl (C=O) groups excluding carboxylic acids is 1. The molecule has 1 rings (SSSR count). The Kier molecular flexibility index (Phi) is 26.6. The molecule has 8 atom stereocenters. The fourth-order valence-corrected chi connectivity index (χ4v) is 5.31. The van der Waals surface area contributed by atoms with Crippen molar-refractivity contribution >= 4 is 5.91 Å². The van der Waals surface area contributed by atoms with E-state index in [-0.39, 0.29) is 13.0 Å². The number of hydrogen-bond acceptors (Lipinski definition) is 9. The zero-order valence-corrected chi connectivity index (χ0v) is 29.6. The maximum absolute atomic E-state index is 12.8. The van der Waals surface area contributed by atoms with E-state index in [4.69, 9.17) is 9.47 Å². The summed E-state index contributed by atoms with van der Waals surface area (Å²) >= 11 is 0. The molecule has 8 unspecified atom stereocenters. The average Bonchev–Trinajstić information content (AvgIpc) is 3.08. The molecule has 0 spiro atoms. The number of ether oxygens (including phenoxy) is 2. The fraction of sp³-hybridized carbons (Fsp3) is 0.763. The fourth-order valence-electron chi connectivity index (χ4n) is 5.31. The van der Waals surface area contributed by atoms with E-state index < -0.39 is 61.5 Å². The molecule has 10 heteroatoms. The minimum Gasteiger partial charge on any atom is -0.394 e. The van der Waals surface area contributed by atoms with E-state index in [2.05, 4.69) is 49.5 Å². The van der Waals surface area contributed by atoms with Crippen LogP contribution in [0.3, 0.4) is 0 Å². The van der Waals surface area contributed by atoms with Gasteiger partial charge in [-0.1, -0.05) is 107 Å². The molecular formula is C38H67NO9. The molecule has 1 saturated heterocycles. The molecule has 0 saturated carbocycles. The van der Waals surface area contributed by atoms with Crippen molar-refractivity contribution in [1.29, 1.82) is 0 Å². The summed E-state index contributed by atoms with van der Waals surface area (Å²) in [6.45, 7) is 3.45. The zero-order valence-electron chi connectivity index (χ0n) is 29.6. The first-order valence-corrected chi connectivity index (χ1v) is 18.5. The highest BCUT2D eigenvalue weighted by Crippen LogP contribution is 2.22. The van der Waals surface area contributed by atoms with E-state index in [1.54, 1.807) is 6.08 Å². The number of amides is 1. The molecule has 1 aliphatic rings. The van der Waals surface area contributed by atoms with Gasteiger partial charge in [0.1, 0.15) is 30.5 Å². The Labute approximate surface area is 289 Å². The Morgan fingerprint density at radius 3 is 1.81 bits per heavy atom. The third-order valence-electron chi connectivity index (χ3n) is 8.47. The van der Waals surface area contributed by atoms with Crippen molar-refractivity contribution in [3.63, 3.8) is 0 Å².